The topological polar surface area (TPSA) is 127 Å². The van der Waals surface area contributed by atoms with E-state index in [1.165, 1.54) is 7.11 Å². The number of nitrogen functional groups attached to an aromatic ring is 1. The maximum atomic E-state index is 11.6. The van der Waals surface area contributed by atoms with Crippen molar-refractivity contribution in [2.24, 2.45) is 0 Å². The van der Waals surface area contributed by atoms with E-state index < -0.39 is 0 Å². The highest BCUT2D eigenvalue weighted by atomic mass is 16.5. The lowest BCUT2D eigenvalue weighted by molar-refractivity contribution is -0.139. The number of nitrogens with two attached hydrogens (primary N) is 1. The lowest BCUT2D eigenvalue weighted by Gasteiger charge is -2.17. The zero-order valence-corrected chi connectivity index (χ0v) is 24.8. The third-order valence-electron chi connectivity index (χ3n) is 6.71. The summed E-state index contributed by atoms with van der Waals surface area (Å²) in [5, 5.41) is 0. The fourth-order valence-corrected chi connectivity index (χ4v) is 4.52. The van der Waals surface area contributed by atoms with Crippen molar-refractivity contribution in [1.29, 1.82) is 0 Å². The molecule has 11 heteroatoms. The standard InChI is InChI=1S/C31H40N6O5/c1-5-6-16-42-30-34-28(32)27-29(35-30)37(31(33-27)40-4)21-22-11-13-25(14-12-22)41-17-8-15-36(2)20-24-10-7-9-23(18-24)19-26(38)39-3/h7,9-14,18H,5-6,8,15-17,19-21H2,1-4H3,(H2,32,34,35). The van der Waals surface area contributed by atoms with Crippen LogP contribution in [0.5, 0.6) is 17.8 Å². The molecule has 0 aliphatic carbocycles. The van der Waals surface area contributed by atoms with Crippen LogP contribution >= 0.6 is 0 Å². The van der Waals surface area contributed by atoms with Crippen molar-refractivity contribution in [2.45, 2.75) is 45.7 Å². The van der Waals surface area contributed by atoms with E-state index in [-0.39, 0.29) is 24.2 Å². The Labute approximate surface area is 246 Å². The summed E-state index contributed by atoms with van der Waals surface area (Å²) in [6, 6.07) is 16.6. The van der Waals surface area contributed by atoms with Gasteiger partial charge in [0.1, 0.15) is 5.75 Å². The number of esters is 1. The van der Waals surface area contributed by atoms with Gasteiger partial charge in [-0.15, -0.1) is 0 Å². The summed E-state index contributed by atoms with van der Waals surface area (Å²) in [5.41, 5.74) is 10.3. The number of hydrogen-bond acceptors (Lipinski definition) is 10. The minimum atomic E-state index is -0.234. The number of unbranched alkanes of at least 4 members (excludes halogenated alkanes) is 1. The number of hydrogen-bond donors (Lipinski definition) is 1. The number of benzene rings is 2. The molecule has 0 atom stereocenters. The van der Waals surface area contributed by atoms with Crippen molar-refractivity contribution in [3.8, 4) is 17.8 Å². The van der Waals surface area contributed by atoms with Gasteiger partial charge in [0.2, 0.25) is 0 Å². The number of methoxy groups -OCH3 is 2. The van der Waals surface area contributed by atoms with Gasteiger partial charge in [0, 0.05) is 13.1 Å². The summed E-state index contributed by atoms with van der Waals surface area (Å²) in [4.78, 5) is 27.1. The second-order valence-corrected chi connectivity index (χ2v) is 10.1. The second-order valence-electron chi connectivity index (χ2n) is 10.1. The average molecular weight is 577 g/mol. The van der Waals surface area contributed by atoms with Crippen LogP contribution in [0, 0.1) is 0 Å². The molecule has 4 rings (SSSR count). The quantitative estimate of drug-likeness (QED) is 0.153. The Morgan fingerprint density at radius 3 is 2.45 bits per heavy atom. The fourth-order valence-electron chi connectivity index (χ4n) is 4.52. The third kappa shape index (κ3) is 8.32. The lowest BCUT2D eigenvalue weighted by atomic mass is 10.1. The molecule has 2 aromatic heterocycles. The number of imidazole rings is 1. The first-order valence-corrected chi connectivity index (χ1v) is 14.2. The minimum absolute atomic E-state index is 0.234. The second kappa shape index (κ2) is 15.0. The fraction of sp³-hybridized carbons (Fsp3) is 0.419. The molecule has 0 amide bonds. The molecule has 0 spiro atoms. The molecule has 0 bridgehead atoms. The molecule has 0 aliphatic heterocycles. The van der Waals surface area contributed by atoms with Gasteiger partial charge >= 0.3 is 12.0 Å². The highest BCUT2D eigenvalue weighted by molar-refractivity contribution is 5.83. The molecule has 11 nitrogen and oxygen atoms in total. The largest absolute Gasteiger partial charge is 0.494 e. The van der Waals surface area contributed by atoms with E-state index in [1.807, 2.05) is 41.0 Å². The summed E-state index contributed by atoms with van der Waals surface area (Å²) in [7, 11) is 5.05. The van der Waals surface area contributed by atoms with E-state index in [0.29, 0.717) is 36.9 Å². The monoisotopic (exact) mass is 576 g/mol. The van der Waals surface area contributed by atoms with Crippen LogP contribution in [0.3, 0.4) is 0 Å². The predicted molar refractivity (Wildman–Crippen MR) is 161 cm³/mol. The first-order chi connectivity index (χ1) is 20.4. The zero-order valence-electron chi connectivity index (χ0n) is 24.8. The minimum Gasteiger partial charge on any atom is -0.494 e. The van der Waals surface area contributed by atoms with Crippen molar-refractivity contribution >= 4 is 23.0 Å². The van der Waals surface area contributed by atoms with Gasteiger partial charge in [-0.2, -0.15) is 15.0 Å². The zero-order chi connectivity index (χ0) is 29.9. The van der Waals surface area contributed by atoms with Gasteiger partial charge in [-0.3, -0.25) is 9.36 Å². The average Bonchev–Trinajstić information content (AvgIpc) is 3.34. The number of carbonyl (C=O) groups excluding carboxylic acids is 1. The first-order valence-electron chi connectivity index (χ1n) is 14.2. The van der Waals surface area contributed by atoms with E-state index in [2.05, 4.69) is 46.0 Å². The van der Waals surface area contributed by atoms with Gasteiger partial charge in [0.15, 0.2) is 17.0 Å². The maximum absolute atomic E-state index is 11.6. The summed E-state index contributed by atoms with van der Waals surface area (Å²) in [6.45, 7) is 5.37. The van der Waals surface area contributed by atoms with Crippen molar-refractivity contribution in [3.63, 3.8) is 0 Å². The number of nitrogens with zero attached hydrogens (tertiary/aromatic N) is 5. The van der Waals surface area contributed by atoms with Gasteiger partial charge in [0.25, 0.3) is 6.01 Å². The van der Waals surface area contributed by atoms with Crippen molar-refractivity contribution in [2.75, 3.05) is 46.8 Å². The lowest BCUT2D eigenvalue weighted by Crippen LogP contribution is -2.21. The highest BCUT2D eigenvalue weighted by Gasteiger charge is 2.18. The Balaban J connectivity index is 1.29. The van der Waals surface area contributed by atoms with Gasteiger partial charge in [-0.1, -0.05) is 49.7 Å². The maximum Gasteiger partial charge on any atom is 0.320 e. The highest BCUT2D eigenvalue weighted by Crippen LogP contribution is 2.27. The molecule has 224 valence electrons. The molecule has 4 aromatic rings. The summed E-state index contributed by atoms with van der Waals surface area (Å²) < 4.78 is 23.8. The Morgan fingerprint density at radius 2 is 1.71 bits per heavy atom. The summed E-state index contributed by atoms with van der Waals surface area (Å²) in [6.07, 6.45) is 3.08. The number of carbonyl (C=O) groups is 1. The van der Waals surface area contributed by atoms with E-state index >= 15 is 0 Å². The van der Waals surface area contributed by atoms with Crippen LogP contribution in [-0.4, -0.2) is 71.4 Å². The number of ether oxygens (including phenoxy) is 4. The van der Waals surface area contributed by atoms with Gasteiger partial charge in [0.05, 0.1) is 40.4 Å². The van der Waals surface area contributed by atoms with Crippen molar-refractivity contribution in [1.82, 2.24) is 24.4 Å². The molecule has 0 radical (unpaired) electrons. The Bertz CT molecular complexity index is 1460. The molecule has 0 fully saturated rings. The van der Waals surface area contributed by atoms with Crippen molar-refractivity contribution in [3.05, 3.63) is 65.2 Å². The van der Waals surface area contributed by atoms with Crippen LogP contribution in [0.1, 0.15) is 42.9 Å². The summed E-state index contributed by atoms with van der Waals surface area (Å²) >= 11 is 0. The Hall–Kier alpha value is -4.38. The van der Waals surface area contributed by atoms with Crippen LogP contribution in [0.2, 0.25) is 0 Å². The smallest absolute Gasteiger partial charge is 0.320 e. The van der Waals surface area contributed by atoms with Gasteiger partial charge in [-0.05, 0) is 48.7 Å². The predicted octanol–water partition coefficient (Wildman–Crippen LogP) is 4.26. The van der Waals surface area contributed by atoms with Crippen LogP contribution in [0.4, 0.5) is 5.82 Å². The molecule has 0 saturated heterocycles. The Kier molecular flexibility index (Phi) is 10.9. The molecule has 2 N–H and O–H groups in total. The normalized spacial score (nSPS) is 11.2. The number of anilines is 1. The van der Waals surface area contributed by atoms with E-state index in [0.717, 1.165) is 54.8 Å². The third-order valence-corrected chi connectivity index (χ3v) is 6.71. The van der Waals surface area contributed by atoms with Crippen LogP contribution in [-0.2, 0) is 29.0 Å². The number of aromatic nitrogens is 4. The molecule has 2 heterocycles. The van der Waals surface area contributed by atoms with Gasteiger partial charge < -0.3 is 29.6 Å². The number of fused-ring (bicyclic) bond motifs is 1. The molecular weight excluding hydrogens is 536 g/mol. The van der Waals surface area contributed by atoms with E-state index in [1.54, 1.807) is 7.11 Å². The molecule has 0 unspecified atom stereocenters. The van der Waals surface area contributed by atoms with Gasteiger partial charge in [-0.25, -0.2) is 0 Å². The number of rotatable bonds is 16. The Morgan fingerprint density at radius 1 is 0.952 bits per heavy atom. The molecule has 0 aliphatic rings. The molecule has 42 heavy (non-hydrogen) atoms. The molecule has 0 saturated carbocycles. The SMILES string of the molecule is CCCCOc1nc(N)c2nc(OC)n(Cc3ccc(OCCCN(C)Cc4cccc(CC(=O)OC)c4)cc3)c2n1. The van der Waals surface area contributed by atoms with Crippen LogP contribution in [0.25, 0.3) is 11.2 Å². The van der Waals surface area contributed by atoms with E-state index in [4.69, 9.17) is 24.7 Å². The van der Waals surface area contributed by atoms with Crippen molar-refractivity contribution < 1.29 is 23.7 Å². The molecular formula is C31H40N6O5. The summed E-state index contributed by atoms with van der Waals surface area (Å²) in [5.74, 6) is 0.824. The van der Waals surface area contributed by atoms with E-state index in [9.17, 15) is 4.79 Å². The van der Waals surface area contributed by atoms with Crippen LogP contribution < -0.4 is 19.9 Å². The first kappa shape index (κ1) is 30.6. The van der Waals surface area contributed by atoms with Crippen LogP contribution in [0.15, 0.2) is 48.5 Å². The molecule has 2 aromatic carbocycles.